The molecule has 5 heteroatoms. The third-order valence-corrected chi connectivity index (χ3v) is 4.64. The van der Waals surface area contributed by atoms with E-state index in [4.69, 9.17) is 5.26 Å². The Balaban J connectivity index is 1.92. The second-order valence-electron chi connectivity index (χ2n) is 4.68. The zero-order chi connectivity index (χ0) is 14.5. The van der Waals surface area contributed by atoms with Crippen molar-refractivity contribution in [2.75, 3.05) is 13.6 Å². The highest BCUT2D eigenvalue weighted by molar-refractivity contribution is 9.10. The summed E-state index contributed by atoms with van der Waals surface area (Å²) < 4.78 is 1.10. The van der Waals surface area contributed by atoms with Crippen LogP contribution in [0.3, 0.4) is 0 Å². The molecule has 0 aliphatic carbocycles. The fourth-order valence-corrected chi connectivity index (χ4v) is 3.48. The number of likely N-dealkylation sites (N-methyl/N-ethyl adjacent to an activating group) is 1. The van der Waals surface area contributed by atoms with E-state index in [0.717, 1.165) is 16.6 Å². The number of hydrogen-bond acceptors (Lipinski definition) is 4. The summed E-state index contributed by atoms with van der Waals surface area (Å²) in [5.41, 5.74) is 1.45. The lowest BCUT2D eigenvalue weighted by molar-refractivity contribution is 0.124. The van der Waals surface area contributed by atoms with Crippen LogP contribution >= 0.6 is 27.3 Å². The van der Waals surface area contributed by atoms with Gasteiger partial charge in [-0.15, -0.1) is 11.3 Å². The molecule has 0 saturated carbocycles. The Labute approximate surface area is 131 Å². The molecule has 0 aliphatic rings. The third-order valence-electron chi connectivity index (χ3n) is 2.96. The van der Waals surface area contributed by atoms with Crippen molar-refractivity contribution in [3.63, 3.8) is 0 Å². The van der Waals surface area contributed by atoms with E-state index in [9.17, 15) is 5.11 Å². The first-order chi connectivity index (χ1) is 9.58. The van der Waals surface area contributed by atoms with Gasteiger partial charge in [-0.1, -0.05) is 12.1 Å². The Morgan fingerprint density at radius 1 is 1.40 bits per heavy atom. The van der Waals surface area contributed by atoms with Crippen LogP contribution in [0, 0.1) is 11.3 Å². The molecular formula is C15H15BrN2OS. The highest BCUT2D eigenvalue weighted by atomic mass is 79.9. The maximum atomic E-state index is 10.2. The summed E-state index contributed by atoms with van der Waals surface area (Å²) in [6.45, 7) is 1.37. The molecule has 0 amide bonds. The summed E-state index contributed by atoms with van der Waals surface area (Å²) in [6.07, 6.45) is -0.545. The molecule has 104 valence electrons. The summed E-state index contributed by atoms with van der Waals surface area (Å²) in [5.74, 6) is 0. The molecule has 0 spiro atoms. The molecule has 2 aromatic rings. The lowest BCUT2D eigenvalue weighted by atomic mass is 10.1. The Morgan fingerprint density at radius 2 is 2.10 bits per heavy atom. The SMILES string of the molecule is CN(Cc1cc(Br)cs1)CC(O)c1ccc(C#N)cc1. The van der Waals surface area contributed by atoms with Crippen molar-refractivity contribution >= 4 is 27.3 Å². The van der Waals surface area contributed by atoms with E-state index in [1.54, 1.807) is 35.6 Å². The Hall–Kier alpha value is -1.19. The van der Waals surface area contributed by atoms with Gasteiger partial charge in [-0.2, -0.15) is 5.26 Å². The van der Waals surface area contributed by atoms with Gasteiger partial charge in [-0.05, 0) is 46.7 Å². The molecule has 1 atom stereocenters. The average Bonchev–Trinajstić information content (AvgIpc) is 2.84. The molecule has 1 aromatic heterocycles. The van der Waals surface area contributed by atoms with Crippen molar-refractivity contribution in [3.05, 3.63) is 56.2 Å². The lowest BCUT2D eigenvalue weighted by Gasteiger charge is -2.20. The predicted molar refractivity (Wildman–Crippen MR) is 84.5 cm³/mol. The summed E-state index contributed by atoms with van der Waals surface area (Å²) in [6, 6.07) is 11.2. The van der Waals surface area contributed by atoms with E-state index in [-0.39, 0.29) is 0 Å². The third kappa shape index (κ3) is 4.15. The molecule has 20 heavy (non-hydrogen) atoms. The number of thiophene rings is 1. The second-order valence-corrected chi connectivity index (χ2v) is 6.59. The number of nitriles is 1. The predicted octanol–water partition coefficient (Wildman–Crippen LogP) is 3.55. The molecule has 1 unspecified atom stereocenters. The monoisotopic (exact) mass is 350 g/mol. The fourth-order valence-electron chi connectivity index (χ4n) is 1.95. The van der Waals surface area contributed by atoms with Crippen LogP contribution in [0.15, 0.2) is 40.2 Å². The minimum Gasteiger partial charge on any atom is -0.387 e. The first-order valence-corrected chi connectivity index (χ1v) is 7.85. The van der Waals surface area contributed by atoms with Crippen molar-refractivity contribution < 1.29 is 5.11 Å². The first kappa shape index (κ1) is 15.2. The number of rotatable bonds is 5. The van der Waals surface area contributed by atoms with Gasteiger partial charge in [0.05, 0.1) is 17.7 Å². The van der Waals surface area contributed by atoms with Gasteiger partial charge < -0.3 is 5.11 Å². The molecule has 0 fully saturated rings. The van der Waals surface area contributed by atoms with Crippen LogP contribution < -0.4 is 0 Å². The smallest absolute Gasteiger partial charge is 0.0991 e. The highest BCUT2D eigenvalue weighted by Gasteiger charge is 2.11. The zero-order valence-corrected chi connectivity index (χ0v) is 13.5. The van der Waals surface area contributed by atoms with E-state index in [0.29, 0.717) is 12.1 Å². The molecule has 2 rings (SSSR count). The van der Waals surface area contributed by atoms with E-state index >= 15 is 0 Å². The molecular weight excluding hydrogens is 336 g/mol. The van der Waals surface area contributed by atoms with Gasteiger partial charge in [0.2, 0.25) is 0 Å². The minimum atomic E-state index is -0.545. The summed E-state index contributed by atoms with van der Waals surface area (Å²) >= 11 is 5.14. The van der Waals surface area contributed by atoms with Crippen molar-refractivity contribution in [2.45, 2.75) is 12.6 Å². The van der Waals surface area contributed by atoms with Crippen LogP contribution in [0.2, 0.25) is 0 Å². The van der Waals surface area contributed by atoms with Crippen molar-refractivity contribution in [1.82, 2.24) is 4.90 Å². The topological polar surface area (TPSA) is 47.3 Å². The van der Waals surface area contributed by atoms with Crippen molar-refractivity contribution in [1.29, 1.82) is 5.26 Å². The summed E-state index contributed by atoms with van der Waals surface area (Å²) in [5, 5.41) is 21.0. The summed E-state index contributed by atoms with van der Waals surface area (Å²) in [4.78, 5) is 3.34. The molecule has 0 bridgehead atoms. The number of nitrogens with zero attached hydrogens (tertiary/aromatic N) is 2. The standard InChI is InChI=1S/C15H15BrN2OS/c1-18(8-14-6-13(16)10-20-14)9-15(19)12-4-2-11(7-17)3-5-12/h2-6,10,15,19H,8-9H2,1H3. The number of benzene rings is 1. The zero-order valence-electron chi connectivity index (χ0n) is 11.1. The Kier molecular flexibility index (Phi) is 5.32. The van der Waals surface area contributed by atoms with Crippen LogP contribution in [0.1, 0.15) is 22.1 Å². The normalized spacial score (nSPS) is 12.3. The van der Waals surface area contributed by atoms with E-state index < -0.39 is 6.10 Å². The Morgan fingerprint density at radius 3 is 2.65 bits per heavy atom. The molecule has 0 aliphatic heterocycles. The quantitative estimate of drug-likeness (QED) is 0.896. The van der Waals surface area contributed by atoms with Gasteiger partial charge in [0.15, 0.2) is 0 Å². The number of hydrogen-bond donors (Lipinski definition) is 1. The maximum absolute atomic E-state index is 10.2. The van der Waals surface area contributed by atoms with E-state index in [1.165, 1.54) is 4.88 Å². The van der Waals surface area contributed by atoms with Gasteiger partial charge in [0, 0.05) is 27.8 Å². The maximum Gasteiger partial charge on any atom is 0.0991 e. The molecule has 1 aromatic carbocycles. The average molecular weight is 351 g/mol. The van der Waals surface area contributed by atoms with Gasteiger partial charge in [-0.25, -0.2) is 0 Å². The minimum absolute atomic E-state index is 0.545. The highest BCUT2D eigenvalue weighted by Crippen LogP contribution is 2.22. The largest absolute Gasteiger partial charge is 0.387 e. The second kappa shape index (κ2) is 7.00. The number of aliphatic hydroxyl groups excluding tert-OH is 1. The lowest BCUT2D eigenvalue weighted by Crippen LogP contribution is -2.23. The molecule has 0 saturated heterocycles. The first-order valence-electron chi connectivity index (χ1n) is 6.18. The molecule has 0 radical (unpaired) electrons. The van der Waals surface area contributed by atoms with Crippen LogP contribution in [-0.4, -0.2) is 23.6 Å². The molecule has 3 nitrogen and oxygen atoms in total. The van der Waals surface area contributed by atoms with Crippen LogP contribution in [0.25, 0.3) is 0 Å². The molecule has 1 heterocycles. The van der Waals surface area contributed by atoms with Crippen molar-refractivity contribution in [3.8, 4) is 6.07 Å². The number of halogens is 1. The van der Waals surface area contributed by atoms with E-state index in [2.05, 4.69) is 38.3 Å². The van der Waals surface area contributed by atoms with Crippen LogP contribution in [0.4, 0.5) is 0 Å². The van der Waals surface area contributed by atoms with Gasteiger partial charge in [0.25, 0.3) is 0 Å². The van der Waals surface area contributed by atoms with Crippen molar-refractivity contribution in [2.24, 2.45) is 0 Å². The number of aliphatic hydroxyl groups is 1. The Bertz CT molecular complexity index is 603. The van der Waals surface area contributed by atoms with Crippen LogP contribution in [-0.2, 0) is 6.54 Å². The fraction of sp³-hybridized carbons (Fsp3) is 0.267. The van der Waals surface area contributed by atoms with E-state index in [1.807, 2.05) is 7.05 Å². The molecule has 1 N–H and O–H groups in total. The van der Waals surface area contributed by atoms with Gasteiger partial charge >= 0.3 is 0 Å². The van der Waals surface area contributed by atoms with Gasteiger partial charge in [-0.3, -0.25) is 4.90 Å². The summed E-state index contributed by atoms with van der Waals surface area (Å²) in [7, 11) is 1.99. The van der Waals surface area contributed by atoms with Crippen LogP contribution in [0.5, 0.6) is 0 Å². The van der Waals surface area contributed by atoms with Gasteiger partial charge in [0.1, 0.15) is 0 Å².